The number of carbonyl (C=O) groups is 2. The molecule has 9 unspecified atom stereocenters. The molecule has 6 heteroatoms. The minimum atomic E-state index is -0.753. The van der Waals surface area contributed by atoms with E-state index in [0.29, 0.717) is 12.5 Å². The molecule has 33 heavy (non-hydrogen) atoms. The number of hydrogen-bond acceptors (Lipinski definition) is 4. The third kappa shape index (κ3) is 2.34. The second-order valence-electron chi connectivity index (χ2n) is 12.5. The van der Waals surface area contributed by atoms with Crippen molar-refractivity contribution in [3.63, 3.8) is 0 Å². The molecule has 1 saturated heterocycles. The summed E-state index contributed by atoms with van der Waals surface area (Å²) in [7, 11) is 0. The monoisotopic (exact) mass is 676 g/mol. The number of aliphatic hydroxyl groups is 1. The third-order valence-corrected chi connectivity index (χ3v) is 15.6. The van der Waals surface area contributed by atoms with Crippen molar-refractivity contribution in [1.29, 1.82) is 0 Å². The quantitative estimate of drug-likeness (QED) is 0.242. The molecule has 0 amide bonds. The van der Waals surface area contributed by atoms with Gasteiger partial charge < -0.3 is 9.84 Å². The lowest BCUT2D eigenvalue weighted by Gasteiger charge is -2.67. The molecule has 0 aromatic heterocycles. The van der Waals surface area contributed by atoms with Crippen LogP contribution in [0.3, 0.4) is 0 Å². The van der Waals surface area contributed by atoms with Crippen molar-refractivity contribution in [2.24, 2.45) is 34.0 Å². The Labute approximate surface area is 224 Å². The molecular formula is C27H34I2O4. The summed E-state index contributed by atoms with van der Waals surface area (Å²) in [4.78, 5) is 27.3. The molecule has 1 N–H and O–H groups in total. The van der Waals surface area contributed by atoms with Crippen molar-refractivity contribution in [3.8, 4) is 0 Å². The van der Waals surface area contributed by atoms with E-state index in [1.54, 1.807) is 6.08 Å². The number of hydrogen-bond donors (Lipinski definition) is 1. The van der Waals surface area contributed by atoms with Crippen molar-refractivity contribution in [1.82, 2.24) is 0 Å². The van der Waals surface area contributed by atoms with Crippen LogP contribution in [-0.2, 0) is 14.3 Å². The Bertz CT molecular complexity index is 1050. The van der Waals surface area contributed by atoms with Gasteiger partial charge in [0, 0.05) is 16.7 Å². The molecule has 0 aromatic rings. The van der Waals surface area contributed by atoms with Gasteiger partial charge in [0.1, 0.15) is 5.60 Å². The fourth-order valence-electron chi connectivity index (χ4n) is 9.86. The largest absolute Gasteiger partial charge is 0.505 e. The van der Waals surface area contributed by atoms with Crippen LogP contribution in [0.25, 0.3) is 0 Å². The number of rotatable bonds is 0. The molecule has 1 heterocycles. The molecule has 4 nitrogen and oxygen atoms in total. The lowest BCUT2D eigenvalue weighted by molar-refractivity contribution is -0.164. The first kappa shape index (κ1) is 23.4. The maximum absolute atomic E-state index is 14.4. The highest BCUT2D eigenvalue weighted by Crippen LogP contribution is 2.77. The number of ether oxygens (including phenoxy) is 1. The predicted octanol–water partition coefficient (Wildman–Crippen LogP) is 6.30. The minimum absolute atomic E-state index is 0.0597. The van der Waals surface area contributed by atoms with E-state index in [0.717, 1.165) is 37.7 Å². The van der Waals surface area contributed by atoms with Gasteiger partial charge in [-0.3, -0.25) is 9.59 Å². The van der Waals surface area contributed by atoms with E-state index < -0.39 is 14.4 Å². The zero-order valence-electron chi connectivity index (χ0n) is 20.0. The molecule has 0 aromatic carbocycles. The lowest BCUT2D eigenvalue weighted by Crippen LogP contribution is -2.73. The topological polar surface area (TPSA) is 63.6 Å². The van der Waals surface area contributed by atoms with Crippen LogP contribution in [0.5, 0.6) is 0 Å². The van der Waals surface area contributed by atoms with Gasteiger partial charge in [-0.25, -0.2) is 0 Å². The van der Waals surface area contributed by atoms with Crippen LogP contribution in [0.2, 0.25) is 0 Å². The molecule has 9 atom stereocenters. The van der Waals surface area contributed by atoms with Gasteiger partial charge in [-0.1, -0.05) is 77.9 Å². The molecule has 6 rings (SSSR count). The molecule has 6 aliphatic rings. The smallest absolute Gasteiger partial charge is 0.212 e. The van der Waals surface area contributed by atoms with Crippen LogP contribution in [-0.4, -0.2) is 35.7 Å². The van der Waals surface area contributed by atoms with Gasteiger partial charge in [-0.2, -0.15) is 0 Å². The first-order valence-corrected chi connectivity index (χ1v) is 14.7. The maximum atomic E-state index is 14.4. The predicted molar refractivity (Wildman–Crippen MR) is 144 cm³/mol. The van der Waals surface area contributed by atoms with Crippen LogP contribution >= 0.6 is 45.2 Å². The van der Waals surface area contributed by atoms with E-state index in [4.69, 9.17) is 4.74 Å². The standard InChI is InChI=1S/C27H34I2O4/c1-15-6-5-9-25-11-8-18-22(2)10-7-17-23(3,13-16(30)21(32)24(17,4)28)19(22)12-20(31)26(18,33-14-25)27(15,25)29/h12-13,15,17-18,30H,5-11,14H2,1-4H3. The Morgan fingerprint density at radius 2 is 1.73 bits per heavy atom. The number of ketones is 2. The average Bonchev–Trinajstić information content (AvgIpc) is 2.88. The van der Waals surface area contributed by atoms with Crippen LogP contribution in [0.4, 0.5) is 0 Å². The Balaban J connectivity index is 1.57. The number of halogens is 2. The Morgan fingerprint density at radius 3 is 2.45 bits per heavy atom. The van der Waals surface area contributed by atoms with Crippen molar-refractivity contribution in [3.05, 3.63) is 23.5 Å². The van der Waals surface area contributed by atoms with Crippen LogP contribution in [0.15, 0.2) is 23.5 Å². The second-order valence-corrected chi connectivity index (χ2v) is 16.5. The number of allylic oxidation sites excluding steroid dienone is 3. The highest BCUT2D eigenvalue weighted by molar-refractivity contribution is 14.1. The lowest BCUT2D eigenvalue weighted by atomic mass is 9.39. The zero-order chi connectivity index (χ0) is 23.8. The summed E-state index contributed by atoms with van der Waals surface area (Å²) in [5, 5.41) is 10.7. The summed E-state index contributed by atoms with van der Waals surface area (Å²) >= 11 is 4.93. The summed E-state index contributed by atoms with van der Waals surface area (Å²) < 4.78 is 5.98. The molecule has 2 bridgehead atoms. The third-order valence-electron chi connectivity index (χ3n) is 11.3. The van der Waals surface area contributed by atoms with Gasteiger partial charge in [0.05, 0.1) is 13.5 Å². The Kier molecular flexibility index (Phi) is 4.74. The molecule has 0 radical (unpaired) electrons. The molecule has 5 aliphatic carbocycles. The fourth-order valence-corrected chi connectivity index (χ4v) is 12.9. The van der Waals surface area contributed by atoms with E-state index >= 15 is 0 Å². The van der Waals surface area contributed by atoms with Crippen molar-refractivity contribution in [2.45, 2.75) is 85.1 Å². The maximum Gasteiger partial charge on any atom is 0.212 e. The van der Waals surface area contributed by atoms with Crippen LogP contribution in [0.1, 0.15) is 72.6 Å². The number of aliphatic hydroxyl groups excluding tert-OH is 1. The van der Waals surface area contributed by atoms with Crippen molar-refractivity contribution in [2.75, 3.05) is 6.61 Å². The van der Waals surface area contributed by atoms with Gasteiger partial charge in [-0.15, -0.1) is 0 Å². The van der Waals surface area contributed by atoms with Gasteiger partial charge in [0.2, 0.25) is 5.78 Å². The zero-order valence-corrected chi connectivity index (χ0v) is 24.3. The van der Waals surface area contributed by atoms with Gasteiger partial charge in [-0.05, 0) is 74.9 Å². The number of alkyl halides is 2. The Morgan fingerprint density at radius 1 is 1.03 bits per heavy atom. The molecule has 1 spiro atoms. The normalized spacial score (nSPS) is 57.3. The average molecular weight is 676 g/mol. The van der Waals surface area contributed by atoms with E-state index in [9.17, 15) is 14.7 Å². The van der Waals surface area contributed by atoms with Crippen molar-refractivity contribution >= 4 is 56.7 Å². The van der Waals surface area contributed by atoms with Crippen molar-refractivity contribution < 1.29 is 19.4 Å². The van der Waals surface area contributed by atoms with Gasteiger partial charge in [0.15, 0.2) is 11.5 Å². The summed E-state index contributed by atoms with van der Waals surface area (Å²) in [5.41, 5.74) is -0.218. The first-order valence-electron chi connectivity index (χ1n) is 12.6. The molecule has 1 aliphatic heterocycles. The second kappa shape index (κ2) is 6.67. The molecule has 4 fully saturated rings. The fraction of sp³-hybridized carbons (Fsp3) is 0.778. The minimum Gasteiger partial charge on any atom is -0.505 e. The molecule has 180 valence electrons. The highest BCUT2D eigenvalue weighted by atomic mass is 127. The Hall–Kier alpha value is 0.0400. The summed E-state index contributed by atoms with van der Waals surface area (Å²) in [6.45, 7) is 9.52. The SMILES string of the molecule is CC1CCCC23CCC4C5(C)CCC6C(C)(I)C(=O)C(O)=CC6(C)C5=CC(=O)C4(OC2)C13I. The summed E-state index contributed by atoms with van der Waals surface area (Å²) in [6.07, 6.45) is 11.3. The molecule has 3 saturated carbocycles. The summed E-state index contributed by atoms with van der Waals surface area (Å²) in [5.74, 6) is 0.459. The first-order chi connectivity index (χ1) is 15.3. The van der Waals surface area contributed by atoms with Gasteiger partial charge in [0.25, 0.3) is 0 Å². The van der Waals surface area contributed by atoms with Crippen LogP contribution < -0.4 is 0 Å². The van der Waals surface area contributed by atoms with E-state index in [1.807, 2.05) is 13.0 Å². The van der Waals surface area contributed by atoms with Crippen LogP contribution in [0, 0.1) is 34.0 Å². The number of carbonyl (C=O) groups excluding carboxylic acids is 2. The van der Waals surface area contributed by atoms with E-state index in [1.165, 1.54) is 12.8 Å². The van der Waals surface area contributed by atoms with Gasteiger partial charge >= 0.3 is 0 Å². The highest BCUT2D eigenvalue weighted by Gasteiger charge is 2.81. The van der Waals surface area contributed by atoms with E-state index in [2.05, 4.69) is 66.0 Å². The molecular weight excluding hydrogens is 642 g/mol. The number of Topliss-reactive ketones (excluding diaryl/α,β-unsaturated/α-hetero) is 1. The van der Waals surface area contributed by atoms with E-state index in [-0.39, 0.29) is 43.4 Å². The summed E-state index contributed by atoms with van der Waals surface area (Å²) in [6, 6.07) is 0. The number of fused-ring (bicyclic) bond motifs is 4.